The van der Waals surface area contributed by atoms with Crippen molar-refractivity contribution in [1.82, 2.24) is 19.6 Å². The van der Waals surface area contributed by atoms with E-state index < -0.39 is 17.5 Å². The van der Waals surface area contributed by atoms with Crippen LogP contribution in [0.1, 0.15) is 12.0 Å². The van der Waals surface area contributed by atoms with E-state index in [2.05, 4.69) is 20.2 Å². The molecule has 43 heavy (non-hydrogen) atoms. The van der Waals surface area contributed by atoms with Crippen LogP contribution in [0.3, 0.4) is 0 Å². The first-order valence-electron chi connectivity index (χ1n) is 14.1. The minimum Gasteiger partial charge on any atom is -0.493 e. The van der Waals surface area contributed by atoms with Crippen molar-refractivity contribution < 1.29 is 28.2 Å². The zero-order chi connectivity index (χ0) is 30.3. The van der Waals surface area contributed by atoms with Crippen LogP contribution < -0.4 is 25.4 Å². The highest BCUT2D eigenvalue weighted by atomic mass is 19.2. The molecule has 1 amide bonds. The van der Waals surface area contributed by atoms with Gasteiger partial charge in [-0.3, -0.25) is 14.4 Å². The van der Waals surface area contributed by atoms with Crippen molar-refractivity contribution in [2.45, 2.75) is 13.0 Å². The van der Waals surface area contributed by atoms with Crippen molar-refractivity contribution >= 4 is 28.8 Å². The van der Waals surface area contributed by atoms with Crippen molar-refractivity contribution in [1.29, 1.82) is 0 Å². The van der Waals surface area contributed by atoms with Gasteiger partial charge in [-0.25, -0.2) is 13.8 Å². The van der Waals surface area contributed by atoms with E-state index in [9.17, 15) is 13.6 Å². The molecule has 1 saturated heterocycles. The van der Waals surface area contributed by atoms with Gasteiger partial charge in [-0.05, 0) is 24.6 Å². The number of hydrogen-bond donors (Lipinski definition) is 3. The Kier molecular flexibility index (Phi) is 9.69. The minimum atomic E-state index is -1.01. The molecule has 0 spiro atoms. The van der Waals surface area contributed by atoms with Gasteiger partial charge in [0.05, 0.1) is 50.8 Å². The highest BCUT2D eigenvalue weighted by molar-refractivity contribution is 6.16. The Morgan fingerprint density at radius 1 is 1.14 bits per heavy atom. The molecule has 230 valence electrons. The topological polar surface area (TPSA) is 134 Å². The molecule has 1 fully saturated rings. The molecule has 0 unspecified atom stereocenters. The molecule has 1 aromatic heterocycles. The molecule has 12 nitrogen and oxygen atoms in total. The fraction of sp³-hybridized carbons (Fsp3) is 0.414. The highest BCUT2D eigenvalue weighted by Gasteiger charge is 2.29. The zero-order valence-corrected chi connectivity index (χ0v) is 24.0. The SMILES string of the molecule is COc1cc2c(cc1OCCCN1CCN(CCO)CC1)NCN(c1cccc(F)c1F)C2=Nc1cnn(CC(N)=O)c1. The maximum absolute atomic E-state index is 15.0. The maximum Gasteiger partial charge on any atom is 0.239 e. The van der Waals surface area contributed by atoms with Crippen molar-refractivity contribution in [2.75, 3.05) is 76.5 Å². The summed E-state index contributed by atoms with van der Waals surface area (Å²) in [5, 5.41) is 16.5. The number of aliphatic hydroxyl groups excluding tert-OH is 1. The van der Waals surface area contributed by atoms with Gasteiger partial charge in [0.1, 0.15) is 18.1 Å². The lowest BCUT2D eigenvalue weighted by atomic mass is 10.1. The lowest BCUT2D eigenvalue weighted by molar-refractivity contribution is -0.118. The quantitative estimate of drug-likeness (QED) is 0.268. The van der Waals surface area contributed by atoms with E-state index in [1.807, 2.05) is 6.07 Å². The van der Waals surface area contributed by atoms with Crippen LogP contribution in [0.25, 0.3) is 0 Å². The molecular weight excluding hydrogens is 562 g/mol. The Labute approximate surface area is 248 Å². The third kappa shape index (κ3) is 7.21. The number of nitrogens with zero attached hydrogens (tertiary/aromatic N) is 6. The number of benzene rings is 2. The average molecular weight is 599 g/mol. The van der Waals surface area contributed by atoms with Crippen molar-refractivity contribution in [3.63, 3.8) is 0 Å². The maximum atomic E-state index is 15.0. The molecular formula is C29H36F2N8O4. The molecule has 3 heterocycles. The van der Waals surface area contributed by atoms with Crippen LogP contribution in [-0.4, -0.2) is 103 Å². The summed E-state index contributed by atoms with van der Waals surface area (Å²) < 4.78 is 42.3. The predicted molar refractivity (Wildman–Crippen MR) is 158 cm³/mol. The van der Waals surface area contributed by atoms with Crippen molar-refractivity contribution in [3.05, 3.63) is 59.9 Å². The molecule has 5 rings (SSSR count). The van der Waals surface area contributed by atoms with Crippen molar-refractivity contribution in [3.8, 4) is 11.5 Å². The first-order valence-corrected chi connectivity index (χ1v) is 14.1. The number of rotatable bonds is 12. The first kappa shape index (κ1) is 30.2. The van der Waals surface area contributed by atoms with E-state index >= 15 is 0 Å². The molecule has 4 N–H and O–H groups in total. The van der Waals surface area contributed by atoms with Gasteiger partial charge in [0, 0.05) is 50.9 Å². The van der Waals surface area contributed by atoms with Gasteiger partial charge in [-0.2, -0.15) is 5.10 Å². The third-order valence-electron chi connectivity index (χ3n) is 7.38. The molecule has 3 aromatic rings. The number of fused-ring (bicyclic) bond motifs is 1. The Bertz CT molecular complexity index is 1460. The Morgan fingerprint density at radius 3 is 2.63 bits per heavy atom. The molecule has 0 saturated carbocycles. The van der Waals surface area contributed by atoms with Crippen LogP contribution in [0.5, 0.6) is 11.5 Å². The second-order valence-electron chi connectivity index (χ2n) is 10.3. The lowest BCUT2D eigenvalue weighted by Crippen LogP contribution is -2.47. The van der Waals surface area contributed by atoms with E-state index in [0.29, 0.717) is 47.4 Å². The minimum absolute atomic E-state index is 0.00193. The van der Waals surface area contributed by atoms with Crippen LogP contribution >= 0.6 is 0 Å². The second kappa shape index (κ2) is 13.8. The molecule has 2 aliphatic rings. The number of piperazine rings is 1. The summed E-state index contributed by atoms with van der Waals surface area (Å²) >= 11 is 0. The van der Waals surface area contributed by atoms with Crippen LogP contribution in [0.4, 0.5) is 25.8 Å². The predicted octanol–water partition coefficient (Wildman–Crippen LogP) is 2.00. The van der Waals surface area contributed by atoms with Gasteiger partial charge in [0.25, 0.3) is 0 Å². The van der Waals surface area contributed by atoms with Crippen LogP contribution in [0.15, 0.2) is 47.7 Å². The number of hydrogen-bond acceptors (Lipinski definition) is 9. The number of amidine groups is 1. The van der Waals surface area contributed by atoms with E-state index in [4.69, 9.17) is 25.3 Å². The standard InChI is InChI=1S/C29H36F2N8O4/c1-42-25-14-21-23(15-26(25)43-13-3-6-36-7-9-37(10-8-36)11-12-40)33-19-39(24-5-2-4-22(30)28(24)31)29(21)35-20-16-34-38(17-20)18-27(32)41/h2,4-5,14-17,33,40H,3,6-13,18-19H2,1H3,(H2,32,41). The number of aliphatic hydroxyl groups is 1. The number of nitrogens with two attached hydrogens (primary N) is 1. The number of anilines is 2. The van der Waals surface area contributed by atoms with Gasteiger partial charge in [0.15, 0.2) is 23.1 Å². The molecule has 0 atom stereocenters. The zero-order valence-electron chi connectivity index (χ0n) is 24.0. The lowest BCUT2D eigenvalue weighted by Gasteiger charge is -2.34. The summed E-state index contributed by atoms with van der Waals surface area (Å²) in [7, 11) is 1.53. The molecule has 2 aromatic carbocycles. The molecule has 0 bridgehead atoms. The Hall–Kier alpha value is -4.27. The monoisotopic (exact) mass is 598 g/mol. The highest BCUT2D eigenvalue weighted by Crippen LogP contribution is 2.38. The normalized spacial score (nSPS) is 16.7. The number of carbonyl (C=O) groups excluding carboxylic acids is 1. The summed E-state index contributed by atoms with van der Waals surface area (Å²) in [6.07, 6.45) is 3.82. The fourth-order valence-electron chi connectivity index (χ4n) is 5.20. The second-order valence-corrected chi connectivity index (χ2v) is 10.3. The number of aliphatic imine (C=N–C) groups is 1. The number of halogens is 2. The summed E-state index contributed by atoms with van der Waals surface area (Å²) in [4.78, 5) is 22.2. The van der Waals surface area contributed by atoms with Crippen molar-refractivity contribution in [2.24, 2.45) is 10.7 Å². The number of primary amides is 1. The van der Waals surface area contributed by atoms with Gasteiger partial charge >= 0.3 is 0 Å². The average Bonchev–Trinajstić information content (AvgIpc) is 3.43. The summed E-state index contributed by atoms with van der Waals surface area (Å²) in [6.45, 7) is 6.03. The van der Waals surface area contributed by atoms with E-state index in [-0.39, 0.29) is 25.5 Å². The number of amides is 1. The summed E-state index contributed by atoms with van der Waals surface area (Å²) in [6, 6.07) is 7.51. The summed E-state index contributed by atoms with van der Waals surface area (Å²) in [5.74, 6) is -1.23. The first-order chi connectivity index (χ1) is 20.9. The molecule has 14 heteroatoms. The summed E-state index contributed by atoms with van der Waals surface area (Å²) in [5.41, 5.74) is 6.92. The number of aromatic nitrogens is 2. The van der Waals surface area contributed by atoms with E-state index in [0.717, 1.165) is 45.2 Å². The van der Waals surface area contributed by atoms with Gasteiger partial charge in [-0.15, -0.1) is 0 Å². The fourth-order valence-corrected chi connectivity index (χ4v) is 5.20. The van der Waals surface area contributed by atoms with Crippen LogP contribution in [-0.2, 0) is 11.3 Å². The van der Waals surface area contributed by atoms with Gasteiger partial charge in [0.2, 0.25) is 5.91 Å². The van der Waals surface area contributed by atoms with E-state index in [1.165, 1.54) is 35.0 Å². The largest absolute Gasteiger partial charge is 0.493 e. The third-order valence-corrected chi connectivity index (χ3v) is 7.38. The van der Waals surface area contributed by atoms with Gasteiger partial charge in [-0.1, -0.05) is 6.07 Å². The van der Waals surface area contributed by atoms with Gasteiger partial charge < -0.3 is 35.4 Å². The van der Waals surface area contributed by atoms with Crippen LogP contribution in [0.2, 0.25) is 0 Å². The van der Waals surface area contributed by atoms with Crippen LogP contribution in [0, 0.1) is 11.6 Å². The molecule has 0 radical (unpaired) electrons. The number of ether oxygens (including phenoxy) is 2. The smallest absolute Gasteiger partial charge is 0.239 e. The van der Waals surface area contributed by atoms with E-state index in [1.54, 1.807) is 12.3 Å². The molecule has 2 aliphatic heterocycles. The molecule has 0 aliphatic carbocycles. The Morgan fingerprint density at radius 2 is 1.91 bits per heavy atom. The number of β-amino-alcohol motifs (C(OH)–C–C–N with tert-alkyl or cyclic N) is 1. The number of methoxy groups -OCH3 is 1. The Balaban J connectivity index is 1.37. The number of carbonyl (C=O) groups is 1. The number of nitrogens with one attached hydrogen (secondary N) is 1.